The third kappa shape index (κ3) is 10.6. The molecule has 30 heavy (non-hydrogen) atoms. The maximum atomic E-state index is 11.1. The third-order valence-electron chi connectivity index (χ3n) is 6.35. The highest BCUT2D eigenvalue weighted by molar-refractivity contribution is 5.65. The summed E-state index contributed by atoms with van der Waals surface area (Å²) in [5, 5.41) is 43.2. The number of esters is 1. The van der Waals surface area contributed by atoms with Gasteiger partial charge in [0.2, 0.25) is 0 Å². The van der Waals surface area contributed by atoms with Gasteiger partial charge in [-0.1, -0.05) is 72.1 Å². The minimum atomic E-state index is -1.06. The Hall–Kier alpha value is -0.690. The van der Waals surface area contributed by atoms with Gasteiger partial charge in [-0.3, -0.25) is 4.79 Å². The molecule has 180 valence electrons. The molecule has 0 aliphatic rings. The Morgan fingerprint density at radius 2 is 1.33 bits per heavy atom. The molecule has 0 aliphatic heterocycles. The first-order valence-electron chi connectivity index (χ1n) is 12.1. The Kier molecular flexibility index (Phi) is 16.5. The van der Waals surface area contributed by atoms with E-state index < -0.39 is 29.8 Å². The molecule has 0 amide bonds. The molecule has 0 saturated carbocycles. The first kappa shape index (κ1) is 29.3. The van der Waals surface area contributed by atoms with Crippen molar-refractivity contribution >= 4 is 5.97 Å². The van der Waals surface area contributed by atoms with Gasteiger partial charge in [-0.15, -0.1) is 0 Å². The number of hydrogen-bond donors (Lipinski definition) is 4. The Bertz CT molecular complexity index is 430. The second-order valence-electron chi connectivity index (χ2n) is 8.75. The fourth-order valence-corrected chi connectivity index (χ4v) is 4.35. The van der Waals surface area contributed by atoms with Crippen LogP contribution in [0.2, 0.25) is 0 Å². The highest BCUT2D eigenvalue weighted by Gasteiger charge is 2.47. The standard InChI is InChI=1S/C24H48O6/c1-5-8-13-17-24(7-3,22(28)20(26)15-6-2)23(29)21(27)16-12-10-9-11-14-18-30-19(4)25/h20-23,26-29H,5-18H2,1-4H3. The van der Waals surface area contributed by atoms with E-state index >= 15 is 0 Å². The molecule has 0 aliphatic carbocycles. The van der Waals surface area contributed by atoms with Crippen molar-refractivity contribution in [3.05, 3.63) is 0 Å². The molecule has 6 nitrogen and oxygen atoms in total. The molecule has 0 spiro atoms. The van der Waals surface area contributed by atoms with Crippen molar-refractivity contribution in [1.82, 2.24) is 0 Å². The topological polar surface area (TPSA) is 107 Å². The molecular weight excluding hydrogens is 384 g/mol. The largest absolute Gasteiger partial charge is 0.466 e. The van der Waals surface area contributed by atoms with Crippen LogP contribution in [-0.4, -0.2) is 57.4 Å². The fraction of sp³-hybridized carbons (Fsp3) is 0.958. The van der Waals surface area contributed by atoms with E-state index in [2.05, 4.69) is 6.92 Å². The normalized spacial score (nSPS) is 17.7. The maximum absolute atomic E-state index is 11.1. The van der Waals surface area contributed by atoms with E-state index in [0.29, 0.717) is 32.3 Å². The van der Waals surface area contributed by atoms with Crippen LogP contribution < -0.4 is 0 Å². The molecule has 4 N–H and O–H groups in total. The fourth-order valence-electron chi connectivity index (χ4n) is 4.35. The Morgan fingerprint density at radius 1 is 0.767 bits per heavy atom. The second kappa shape index (κ2) is 16.9. The van der Waals surface area contributed by atoms with E-state index in [4.69, 9.17) is 4.74 Å². The summed E-state index contributed by atoms with van der Waals surface area (Å²) in [6.07, 6.45) is 6.25. The smallest absolute Gasteiger partial charge is 0.302 e. The number of rotatable bonds is 19. The van der Waals surface area contributed by atoms with Crippen molar-refractivity contribution in [2.75, 3.05) is 6.61 Å². The molecule has 0 radical (unpaired) electrons. The van der Waals surface area contributed by atoms with Gasteiger partial charge in [0, 0.05) is 12.3 Å². The van der Waals surface area contributed by atoms with Crippen molar-refractivity contribution in [2.24, 2.45) is 5.41 Å². The van der Waals surface area contributed by atoms with Gasteiger partial charge in [0.05, 0.1) is 31.0 Å². The van der Waals surface area contributed by atoms with Crippen molar-refractivity contribution in [3.63, 3.8) is 0 Å². The number of carbonyl (C=O) groups is 1. The summed E-state index contributed by atoms with van der Waals surface area (Å²) in [5.74, 6) is -0.253. The second-order valence-corrected chi connectivity index (χ2v) is 8.75. The molecule has 0 bridgehead atoms. The molecule has 0 aromatic heterocycles. The van der Waals surface area contributed by atoms with Gasteiger partial charge in [-0.2, -0.15) is 0 Å². The molecular formula is C24H48O6. The van der Waals surface area contributed by atoms with Crippen LogP contribution in [0, 0.1) is 5.41 Å². The molecule has 0 fully saturated rings. The predicted octanol–water partition coefficient (Wildman–Crippen LogP) is 4.11. The lowest BCUT2D eigenvalue weighted by atomic mass is 9.67. The summed E-state index contributed by atoms with van der Waals surface area (Å²) in [5.41, 5.74) is -0.896. The Morgan fingerprint density at radius 3 is 1.87 bits per heavy atom. The molecule has 5 atom stereocenters. The number of aliphatic hydroxyl groups is 4. The van der Waals surface area contributed by atoms with E-state index in [1.165, 1.54) is 6.92 Å². The Balaban J connectivity index is 4.75. The lowest BCUT2D eigenvalue weighted by Crippen LogP contribution is -2.54. The summed E-state index contributed by atoms with van der Waals surface area (Å²) >= 11 is 0. The first-order chi connectivity index (χ1) is 14.3. The highest BCUT2D eigenvalue weighted by atomic mass is 16.5. The first-order valence-corrected chi connectivity index (χ1v) is 12.1. The van der Waals surface area contributed by atoms with Gasteiger partial charge >= 0.3 is 5.97 Å². The van der Waals surface area contributed by atoms with E-state index in [9.17, 15) is 25.2 Å². The maximum Gasteiger partial charge on any atom is 0.302 e. The van der Waals surface area contributed by atoms with Crippen LogP contribution in [0.25, 0.3) is 0 Å². The van der Waals surface area contributed by atoms with Crippen LogP contribution in [0.4, 0.5) is 0 Å². The molecule has 0 rings (SSSR count). The van der Waals surface area contributed by atoms with Gasteiger partial charge in [0.15, 0.2) is 0 Å². The van der Waals surface area contributed by atoms with Gasteiger partial charge in [0.25, 0.3) is 0 Å². The number of ether oxygens (including phenoxy) is 1. The number of unbranched alkanes of at least 4 members (excludes halogenated alkanes) is 6. The summed E-state index contributed by atoms with van der Waals surface area (Å²) in [4.78, 5) is 10.7. The molecule has 0 aromatic carbocycles. The van der Waals surface area contributed by atoms with Gasteiger partial charge in [-0.25, -0.2) is 0 Å². The summed E-state index contributed by atoms with van der Waals surface area (Å²) < 4.78 is 4.91. The number of aliphatic hydroxyl groups excluding tert-OH is 4. The SMILES string of the molecule is CCCCCC(CC)(C(O)C(O)CCC)C(O)C(O)CCCCCCCOC(C)=O. The van der Waals surface area contributed by atoms with Crippen molar-refractivity contribution in [2.45, 2.75) is 136 Å². The van der Waals surface area contributed by atoms with Crippen LogP contribution in [0.3, 0.4) is 0 Å². The van der Waals surface area contributed by atoms with Gasteiger partial charge < -0.3 is 25.2 Å². The molecule has 0 aromatic rings. The summed E-state index contributed by atoms with van der Waals surface area (Å²) in [6, 6.07) is 0. The van der Waals surface area contributed by atoms with Crippen molar-refractivity contribution < 1.29 is 30.0 Å². The summed E-state index contributed by atoms with van der Waals surface area (Å²) in [7, 11) is 0. The molecule has 0 heterocycles. The van der Waals surface area contributed by atoms with Crippen LogP contribution >= 0.6 is 0 Å². The average molecular weight is 433 g/mol. The van der Waals surface area contributed by atoms with Crippen molar-refractivity contribution in [3.8, 4) is 0 Å². The Labute approximate surface area is 184 Å². The lowest BCUT2D eigenvalue weighted by molar-refractivity contribution is -0.159. The zero-order valence-electron chi connectivity index (χ0n) is 19.8. The van der Waals surface area contributed by atoms with E-state index in [0.717, 1.165) is 57.8 Å². The van der Waals surface area contributed by atoms with Crippen LogP contribution in [0.5, 0.6) is 0 Å². The van der Waals surface area contributed by atoms with Crippen LogP contribution in [0.1, 0.15) is 111 Å². The van der Waals surface area contributed by atoms with Crippen LogP contribution in [-0.2, 0) is 9.53 Å². The molecule has 5 unspecified atom stereocenters. The lowest BCUT2D eigenvalue weighted by Gasteiger charge is -2.45. The van der Waals surface area contributed by atoms with Crippen LogP contribution in [0.15, 0.2) is 0 Å². The van der Waals surface area contributed by atoms with Gasteiger partial charge in [0.1, 0.15) is 0 Å². The van der Waals surface area contributed by atoms with E-state index in [1.807, 2.05) is 13.8 Å². The quantitative estimate of drug-likeness (QED) is 0.181. The highest BCUT2D eigenvalue weighted by Crippen LogP contribution is 2.41. The monoisotopic (exact) mass is 432 g/mol. The zero-order valence-corrected chi connectivity index (χ0v) is 19.8. The molecule has 6 heteroatoms. The summed E-state index contributed by atoms with van der Waals surface area (Å²) in [6.45, 7) is 7.84. The number of carbonyl (C=O) groups excluding carboxylic acids is 1. The number of hydrogen-bond acceptors (Lipinski definition) is 6. The van der Waals surface area contributed by atoms with E-state index in [1.54, 1.807) is 0 Å². The minimum Gasteiger partial charge on any atom is -0.466 e. The average Bonchev–Trinajstić information content (AvgIpc) is 2.72. The van der Waals surface area contributed by atoms with E-state index in [-0.39, 0.29) is 5.97 Å². The zero-order chi connectivity index (χ0) is 23.0. The third-order valence-corrected chi connectivity index (χ3v) is 6.35. The van der Waals surface area contributed by atoms with Crippen molar-refractivity contribution in [1.29, 1.82) is 0 Å². The predicted molar refractivity (Wildman–Crippen MR) is 120 cm³/mol. The van der Waals surface area contributed by atoms with Gasteiger partial charge in [-0.05, 0) is 32.1 Å². The minimum absolute atomic E-state index is 0.253. The molecule has 0 saturated heterocycles.